The van der Waals surface area contributed by atoms with Crippen molar-refractivity contribution in [1.82, 2.24) is 19.9 Å². The first kappa shape index (κ1) is 17.2. The van der Waals surface area contributed by atoms with Crippen LogP contribution < -0.4 is 22.1 Å². The third-order valence-corrected chi connectivity index (χ3v) is 4.74. The van der Waals surface area contributed by atoms with Crippen LogP contribution in [-0.2, 0) is 0 Å². The average Bonchev–Trinajstić information content (AvgIpc) is 3.23. The first-order valence-corrected chi connectivity index (χ1v) is 8.82. The average molecular weight is 388 g/mol. The predicted molar refractivity (Wildman–Crippen MR) is 105 cm³/mol. The zero-order valence-corrected chi connectivity index (χ0v) is 15.0. The predicted octanol–water partition coefficient (Wildman–Crippen LogP) is 1.58. The zero-order chi connectivity index (χ0) is 19.7. The Morgan fingerprint density at radius 1 is 1.18 bits per heavy atom. The summed E-state index contributed by atoms with van der Waals surface area (Å²) in [5.41, 5.74) is 15.4. The fourth-order valence-electron chi connectivity index (χ4n) is 2.95. The van der Waals surface area contributed by atoms with Crippen molar-refractivity contribution in [3.8, 4) is 23.5 Å². The maximum Gasteiger partial charge on any atom is 0.211 e. The van der Waals surface area contributed by atoms with Crippen LogP contribution in [0.5, 0.6) is 0 Å². The summed E-state index contributed by atoms with van der Waals surface area (Å²) in [4.78, 5) is 8.75. The van der Waals surface area contributed by atoms with Gasteiger partial charge in [-0.3, -0.25) is 5.32 Å². The number of guanidine groups is 1. The second kappa shape index (κ2) is 6.83. The molecule has 3 heterocycles. The molecule has 1 unspecified atom stereocenters. The number of nitrogens with one attached hydrogen (secondary N) is 2. The van der Waals surface area contributed by atoms with Crippen LogP contribution in [0.4, 0.5) is 17.3 Å². The summed E-state index contributed by atoms with van der Waals surface area (Å²) < 4.78 is 3.87. The molecule has 1 aliphatic rings. The van der Waals surface area contributed by atoms with E-state index in [0.29, 0.717) is 11.4 Å². The topological polar surface area (TPSA) is 175 Å². The number of nitrogens with zero attached hydrogens (tertiary/aromatic N) is 6. The van der Waals surface area contributed by atoms with Crippen molar-refractivity contribution in [2.24, 2.45) is 4.99 Å². The molecule has 0 bridgehead atoms. The molecule has 136 valence electrons. The summed E-state index contributed by atoms with van der Waals surface area (Å²) in [7, 11) is 0. The van der Waals surface area contributed by atoms with E-state index in [1.54, 1.807) is 0 Å². The number of hydrogen-bond donors (Lipinski definition) is 4. The van der Waals surface area contributed by atoms with Gasteiger partial charge < -0.3 is 16.8 Å². The van der Waals surface area contributed by atoms with Gasteiger partial charge in [-0.25, -0.2) is 9.98 Å². The lowest BCUT2D eigenvalue weighted by Gasteiger charge is -2.26. The highest BCUT2D eigenvalue weighted by atomic mass is 32.1. The Hall–Kier alpha value is -4.22. The molecule has 2 aromatic heterocycles. The summed E-state index contributed by atoms with van der Waals surface area (Å²) >= 11 is 1.27. The number of rotatable bonds is 2. The van der Waals surface area contributed by atoms with Gasteiger partial charge in [-0.05, 0) is 17.1 Å². The van der Waals surface area contributed by atoms with Crippen molar-refractivity contribution in [1.29, 1.82) is 10.5 Å². The molecule has 1 aliphatic heterocycles. The number of nitrogens with two attached hydrogens (primary N) is 2. The molecule has 6 N–H and O–H groups in total. The second-order valence-electron chi connectivity index (χ2n) is 5.81. The van der Waals surface area contributed by atoms with E-state index in [1.165, 1.54) is 11.5 Å². The Balaban J connectivity index is 1.84. The first-order valence-electron chi connectivity index (χ1n) is 7.98. The zero-order valence-electron chi connectivity index (χ0n) is 14.2. The van der Waals surface area contributed by atoms with Crippen molar-refractivity contribution in [3.05, 3.63) is 46.3 Å². The highest BCUT2D eigenvalue weighted by Gasteiger charge is 2.29. The quantitative estimate of drug-likeness (QED) is 0.375. The van der Waals surface area contributed by atoms with E-state index in [-0.39, 0.29) is 23.0 Å². The van der Waals surface area contributed by atoms with E-state index in [0.717, 1.165) is 16.8 Å². The van der Waals surface area contributed by atoms with Gasteiger partial charge in [-0.1, -0.05) is 28.8 Å². The fraction of sp³-hybridized carbons (Fsp3) is 0.0588. The van der Waals surface area contributed by atoms with Crippen LogP contribution in [-0.4, -0.2) is 20.5 Å². The van der Waals surface area contributed by atoms with Crippen molar-refractivity contribution in [2.45, 2.75) is 6.04 Å². The van der Waals surface area contributed by atoms with Crippen LogP contribution in [0.15, 0.2) is 34.6 Å². The number of benzene rings is 1. The summed E-state index contributed by atoms with van der Waals surface area (Å²) in [6.07, 6.45) is 1.82. The van der Waals surface area contributed by atoms with Crippen molar-refractivity contribution in [3.63, 3.8) is 0 Å². The van der Waals surface area contributed by atoms with Gasteiger partial charge in [0, 0.05) is 16.5 Å². The Morgan fingerprint density at radius 2 is 1.96 bits per heavy atom. The molecule has 1 aromatic carbocycles. The summed E-state index contributed by atoms with van der Waals surface area (Å²) in [6.45, 7) is 0. The highest BCUT2D eigenvalue weighted by molar-refractivity contribution is 7.03. The maximum absolute atomic E-state index is 9.36. The summed E-state index contributed by atoms with van der Waals surface area (Å²) in [5.74, 6) is 0.568. The Kier molecular flexibility index (Phi) is 4.20. The SMILES string of the molecule is N#CNC1=NC(c2ccc(-c3csnn3)cc2)c2c(nc(N)c(C#N)c2N)N1. The molecule has 1 atom stereocenters. The van der Waals surface area contributed by atoms with Crippen LogP contribution in [0, 0.1) is 22.8 Å². The minimum absolute atomic E-state index is 0.00888. The first-order chi connectivity index (χ1) is 13.6. The lowest BCUT2D eigenvalue weighted by atomic mass is 9.94. The molecule has 28 heavy (non-hydrogen) atoms. The number of hydrogen-bond acceptors (Lipinski definition) is 11. The molecule has 0 fully saturated rings. The molecule has 0 spiro atoms. The Labute approximate surface area is 163 Å². The van der Waals surface area contributed by atoms with Gasteiger partial charge in [0.2, 0.25) is 5.96 Å². The van der Waals surface area contributed by atoms with Crippen LogP contribution in [0.3, 0.4) is 0 Å². The number of anilines is 3. The van der Waals surface area contributed by atoms with E-state index in [4.69, 9.17) is 16.7 Å². The van der Waals surface area contributed by atoms with Crippen molar-refractivity contribution in [2.75, 3.05) is 16.8 Å². The Morgan fingerprint density at radius 3 is 2.61 bits per heavy atom. The molecule has 4 rings (SSSR count). The fourth-order valence-corrected chi connectivity index (χ4v) is 3.41. The van der Waals surface area contributed by atoms with Gasteiger partial charge in [-0.2, -0.15) is 10.5 Å². The lowest BCUT2D eigenvalue weighted by molar-refractivity contribution is 0.847. The molecule has 0 saturated carbocycles. The van der Waals surface area contributed by atoms with Crippen LogP contribution in [0.1, 0.15) is 22.7 Å². The molecule has 0 amide bonds. The van der Waals surface area contributed by atoms with Gasteiger partial charge >= 0.3 is 0 Å². The maximum atomic E-state index is 9.36. The number of fused-ring (bicyclic) bond motifs is 1. The monoisotopic (exact) mass is 388 g/mol. The van der Waals surface area contributed by atoms with E-state index in [1.807, 2.05) is 41.9 Å². The Bertz CT molecular complexity index is 1150. The largest absolute Gasteiger partial charge is 0.397 e. The van der Waals surface area contributed by atoms with Crippen molar-refractivity contribution < 1.29 is 0 Å². The number of nitriles is 2. The molecule has 0 aliphatic carbocycles. The van der Waals surface area contributed by atoms with Crippen molar-refractivity contribution >= 4 is 34.8 Å². The molecule has 0 radical (unpaired) electrons. The van der Waals surface area contributed by atoms with Gasteiger partial charge in [0.15, 0.2) is 6.19 Å². The number of aliphatic imine (C=N–C) groups is 1. The minimum Gasteiger partial charge on any atom is -0.397 e. The van der Waals surface area contributed by atoms with Crippen LogP contribution in [0.25, 0.3) is 11.3 Å². The third kappa shape index (κ3) is 2.82. The smallest absolute Gasteiger partial charge is 0.211 e. The van der Waals surface area contributed by atoms with Gasteiger partial charge in [0.05, 0.1) is 5.69 Å². The van der Waals surface area contributed by atoms with Gasteiger partial charge in [0.25, 0.3) is 0 Å². The van der Waals surface area contributed by atoms with E-state index in [2.05, 4.69) is 30.2 Å². The van der Waals surface area contributed by atoms with E-state index < -0.39 is 6.04 Å². The summed E-state index contributed by atoms with van der Waals surface area (Å²) in [6, 6.07) is 8.95. The van der Waals surface area contributed by atoms with Crippen LogP contribution >= 0.6 is 11.5 Å². The van der Waals surface area contributed by atoms with E-state index in [9.17, 15) is 5.26 Å². The number of nitrogen functional groups attached to an aromatic ring is 2. The normalized spacial score (nSPS) is 14.8. The molecule has 0 saturated heterocycles. The molecule has 3 aromatic rings. The molecule has 11 heteroatoms. The number of aromatic nitrogens is 3. The minimum atomic E-state index is -0.574. The highest BCUT2D eigenvalue weighted by Crippen LogP contribution is 2.40. The molecular formula is C17H12N10S. The van der Waals surface area contributed by atoms with E-state index >= 15 is 0 Å². The second-order valence-corrected chi connectivity index (χ2v) is 6.42. The van der Waals surface area contributed by atoms with Crippen LogP contribution in [0.2, 0.25) is 0 Å². The number of pyridine rings is 1. The van der Waals surface area contributed by atoms with Gasteiger partial charge in [0.1, 0.15) is 35.0 Å². The molecular weight excluding hydrogens is 376 g/mol. The van der Waals surface area contributed by atoms with Gasteiger partial charge in [-0.15, -0.1) is 5.10 Å². The summed E-state index contributed by atoms with van der Waals surface area (Å²) in [5, 5.41) is 29.6. The lowest BCUT2D eigenvalue weighted by Crippen LogP contribution is -2.32. The standard InChI is InChI=1S/C17H12N10S/c18-5-10-13(20)12-14(23-17(22-7-19)25-16(12)24-15(10)21)9-3-1-8(2-4-9)11-6-28-27-26-11/h1-4,6,14H,(H6,20,21,22,23,24,25). The third-order valence-electron chi connectivity index (χ3n) is 4.24. The molecule has 10 nitrogen and oxygen atoms in total.